The van der Waals surface area contributed by atoms with Gasteiger partial charge in [-0.25, -0.2) is 4.98 Å². The number of anilines is 2. The summed E-state index contributed by atoms with van der Waals surface area (Å²) in [5.74, 6) is 0.0639. The fourth-order valence-corrected chi connectivity index (χ4v) is 3.20. The second-order valence-electron chi connectivity index (χ2n) is 4.87. The quantitative estimate of drug-likeness (QED) is 0.429. The first kappa shape index (κ1) is 19.7. The first-order chi connectivity index (χ1) is 11.3. The third kappa shape index (κ3) is 4.53. The van der Waals surface area contributed by atoms with E-state index in [2.05, 4.69) is 26.2 Å². The number of nitrogens with one attached hydrogen (secondary N) is 1. The number of phenols is 1. The summed E-state index contributed by atoms with van der Waals surface area (Å²) in [6.45, 7) is 0. The molecular weight excluding hydrogens is 485 g/mol. The average molecular weight is 496 g/mol. The first-order valence-electron chi connectivity index (χ1n) is 6.72. The summed E-state index contributed by atoms with van der Waals surface area (Å²) in [6, 6.07) is 10.5. The summed E-state index contributed by atoms with van der Waals surface area (Å²) in [5.41, 5.74) is 0.153. The van der Waals surface area contributed by atoms with Gasteiger partial charge >= 0.3 is 6.18 Å². The van der Waals surface area contributed by atoms with Gasteiger partial charge in [-0.1, -0.05) is 28.1 Å². The molecule has 0 saturated heterocycles. The van der Waals surface area contributed by atoms with E-state index in [1.54, 1.807) is 23.6 Å². The molecule has 3 aromatic rings. The zero-order valence-corrected chi connectivity index (χ0v) is 16.5. The highest BCUT2D eigenvalue weighted by atomic mass is 79.9. The molecular formula is C16H11Br2F3N2OS. The van der Waals surface area contributed by atoms with E-state index in [1.165, 1.54) is 18.2 Å². The number of halogens is 5. The Morgan fingerprint density at radius 3 is 2.52 bits per heavy atom. The summed E-state index contributed by atoms with van der Waals surface area (Å²) in [5, 5.41) is 14.5. The fourth-order valence-electron chi connectivity index (χ4n) is 2.12. The van der Waals surface area contributed by atoms with Crippen molar-refractivity contribution in [3.8, 4) is 17.0 Å². The maximum Gasteiger partial charge on any atom is 0.418 e. The number of aromatic nitrogens is 1. The van der Waals surface area contributed by atoms with Gasteiger partial charge in [0.05, 0.1) is 16.9 Å². The molecule has 0 unspecified atom stereocenters. The molecule has 1 heterocycles. The molecule has 25 heavy (non-hydrogen) atoms. The Morgan fingerprint density at radius 1 is 1.12 bits per heavy atom. The van der Waals surface area contributed by atoms with Crippen LogP contribution in [-0.2, 0) is 6.18 Å². The van der Waals surface area contributed by atoms with Gasteiger partial charge in [-0.05, 0) is 30.3 Å². The molecule has 0 atom stereocenters. The molecule has 0 amide bonds. The standard InChI is InChI=1S/C16H10BrF3N2OS.BrH/c17-9-5-6-12(11(7-9)16(18,19)20)21-15-22-13(8-24-15)10-3-1-2-4-14(10)23;/h1-8,23H,(H,21,22);1H. The van der Waals surface area contributed by atoms with E-state index in [0.29, 0.717) is 20.9 Å². The van der Waals surface area contributed by atoms with Crippen LogP contribution in [0.2, 0.25) is 0 Å². The molecule has 0 aliphatic carbocycles. The van der Waals surface area contributed by atoms with Crippen molar-refractivity contribution >= 4 is 55.1 Å². The predicted molar refractivity (Wildman–Crippen MR) is 102 cm³/mol. The number of hydrogen-bond acceptors (Lipinski definition) is 4. The van der Waals surface area contributed by atoms with Crippen LogP contribution in [0.3, 0.4) is 0 Å². The monoisotopic (exact) mass is 494 g/mol. The Labute approximate surface area is 164 Å². The number of thiazole rings is 1. The van der Waals surface area contributed by atoms with Crippen LogP contribution in [0, 0.1) is 0 Å². The highest BCUT2D eigenvalue weighted by Crippen LogP contribution is 2.39. The third-order valence-electron chi connectivity index (χ3n) is 3.21. The van der Waals surface area contributed by atoms with Crippen molar-refractivity contribution in [1.82, 2.24) is 4.98 Å². The summed E-state index contributed by atoms with van der Waals surface area (Å²) in [4.78, 5) is 4.25. The molecule has 0 bridgehead atoms. The lowest BCUT2D eigenvalue weighted by Crippen LogP contribution is -2.08. The molecule has 1 aromatic heterocycles. The van der Waals surface area contributed by atoms with Crippen molar-refractivity contribution < 1.29 is 18.3 Å². The molecule has 3 nitrogen and oxygen atoms in total. The highest BCUT2D eigenvalue weighted by Gasteiger charge is 2.34. The lowest BCUT2D eigenvalue weighted by molar-refractivity contribution is -0.137. The molecule has 0 fully saturated rings. The number of alkyl halides is 3. The highest BCUT2D eigenvalue weighted by molar-refractivity contribution is 9.10. The Morgan fingerprint density at radius 2 is 1.84 bits per heavy atom. The smallest absolute Gasteiger partial charge is 0.418 e. The van der Waals surface area contributed by atoms with Crippen molar-refractivity contribution in [1.29, 1.82) is 0 Å². The van der Waals surface area contributed by atoms with E-state index in [-0.39, 0.29) is 28.4 Å². The number of benzene rings is 2. The second-order valence-corrected chi connectivity index (χ2v) is 6.64. The first-order valence-corrected chi connectivity index (χ1v) is 8.39. The van der Waals surface area contributed by atoms with Crippen molar-refractivity contribution in [2.24, 2.45) is 0 Å². The maximum absolute atomic E-state index is 13.1. The fraction of sp³-hybridized carbons (Fsp3) is 0.0625. The zero-order chi connectivity index (χ0) is 17.3. The summed E-state index contributed by atoms with van der Waals surface area (Å²) in [7, 11) is 0. The Bertz CT molecular complexity index is 884. The van der Waals surface area contributed by atoms with Crippen LogP contribution in [0.4, 0.5) is 24.0 Å². The number of hydrogen-bond donors (Lipinski definition) is 2. The van der Waals surface area contributed by atoms with Gasteiger partial charge in [-0.3, -0.25) is 0 Å². The lowest BCUT2D eigenvalue weighted by Gasteiger charge is -2.13. The van der Waals surface area contributed by atoms with Gasteiger partial charge in [0.25, 0.3) is 0 Å². The molecule has 0 aliphatic rings. The van der Waals surface area contributed by atoms with Gasteiger partial charge in [0.1, 0.15) is 5.75 Å². The predicted octanol–water partition coefficient (Wildman–Crippen LogP) is 6.62. The molecule has 0 spiro atoms. The average Bonchev–Trinajstić information content (AvgIpc) is 2.97. The maximum atomic E-state index is 13.1. The van der Waals surface area contributed by atoms with E-state index in [1.807, 2.05) is 0 Å². The van der Waals surface area contributed by atoms with Crippen molar-refractivity contribution in [3.63, 3.8) is 0 Å². The van der Waals surface area contributed by atoms with Crippen LogP contribution in [0.5, 0.6) is 5.75 Å². The summed E-state index contributed by atoms with van der Waals surface area (Å²) >= 11 is 4.21. The van der Waals surface area contributed by atoms with E-state index < -0.39 is 11.7 Å². The molecule has 0 aliphatic heterocycles. The van der Waals surface area contributed by atoms with Gasteiger partial charge in [0.15, 0.2) is 5.13 Å². The molecule has 9 heteroatoms. The lowest BCUT2D eigenvalue weighted by atomic mass is 10.1. The number of aromatic hydroxyl groups is 1. The molecule has 132 valence electrons. The zero-order valence-electron chi connectivity index (χ0n) is 12.3. The van der Waals surface area contributed by atoms with E-state index in [9.17, 15) is 18.3 Å². The largest absolute Gasteiger partial charge is 0.507 e. The van der Waals surface area contributed by atoms with Gasteiger partial charge in [-0.2, -0.15) is 13.2 Å². The normalized spacial score (nSPS) is 11.0. The SMILES string of the molecule is Br.Oc1ccccc1-c1csc(Nc2ccc(Br)cc2C(F)(F)F)n1. The van der Waals surface area contributed by atoms with Gasteiger partial charge < -0.3 is 10.4 Å². The van der Waals surface area contributed by atoms with E-state index in [0.717, 1.165) is 17.4 Å². The van der Waals surface area contributed by atoms with Crippen LogP contribution >= 0.6 is 44.2 Å². The van der Waals surface area contributed by atoms with Crippen LogP contribution in [0.15, 0.2) is 52.3 Å². The summed E-state index contributed by atoms with van der Waals surface area (Å²) < 4.78 is 39.8. The topological polar surface area (TPSA) is 45.1 Å². The number of nitrogens with zero attached hydrogens (tertiary/aromatic N) is 1. The Kier molecular flexibility index (Phi) is 6.12. The molecule has 3 rings (SSSR count). The van der Waals surface area contributed by atoms with E-state index in [4.69, 9.17) is 0 Å². The minimum absolute atomic E-state index is 0. The Hall–Kier alpha value is -1.58. The summed E-state index contributed by atoms with van der Waals surface area (Å²) in [6.07, 6.45) is -4.48. The van der Waals surface area contributed by atoms with Crippen molar-refractivity contribution in [3.05, 3.63) is 57.9 Å². The number of phenolic OH excluding ortho intramolecular Hbond substituents is 1. The van der Waals surface area contributed by atoms with Crippen LogP contribution < -0.4 is 5.32 Å². The van der Waals surface area contributed by atoms with Crippen molar-refractivity contribution in [2.45, 2.75) is 6.18 Å². The molecule has 0 radical (unpaired) electrons. The van der Waals surface area contributed by atoms with Gasteiger partial charge in [0, 0.05) is 15.4 Å². The van der Waals surface area contributed by atoms with Crippen LogP contribution in [0.25, 0.3) is 11.3 Å². The van der Waals surface area contributed by atoms with E-state index >= 15 is 0 Å². The molecule has 2 N–H and O–H groups in total. The number of para-hydroxylation sites is 1. The van der Waals surface area contributed by atoms with Crippen molar-refractivity contribution in [2.75, 3.05) is 5.32 Å². The number of rotatable bonds is 3. The second kappa shape index (κ2) is 7.76. The van der Waals surface area contributed by atoms with Crippen LogP contribution in [0.1, 0.15) is 5.56 Å². The Balaban J connectivity index is 0.00000225. The minimum atomic E-state index is -4.48. The van der Waals surface area contributed by atoms with Gasteiger partial charge in [-0.15, -0.1) is 28.3 Å². The third-order valence-corrected chi connectivity index (χ3v) is 4.46. The molecule has 0 saturated carbocycles. The minimum Gasteiger partial charge on any atom is -0.507 e. The van der Waals surface area contributed by atoms with Gasteiger partial charge in [0.2, 0.25) is 0 Å². The molecule has 2 aromatic carbocycles. The van der Waals surface area contributed by atoms with Crippen LogP contribution in [-0.4, -0.2) is 10.1 Å².